The van der Waals surface area contributed by atoms with Gasteiger partial charge in [-0.2, -0.15) is 0 Å². The maximum absolute atomic E-state index is 11.9. The fourth-order valence-corrected chi connectivity index (χ4v) is 1.86. The molecule has 104 valence electrons. The summed E-state index contributed by atoms with van der Waals surface area (Å²) in [5.74, 6) is -0.681. The average molecular weight is 329 g/mol. The van der Waals surface area contributed by atoms with Crippen LogP contribution in [0.25, 0.3) is 0 Å². The summed E-state index contributed by atoms with van der Waals surface area (Å²) < 4.78 is 0.687. The minimum absolute atomic E-state index is 0.107. The lowest BCUT2D eigenvalue weighted by atomic mass is 9.92. The SMILES string of the molecule is CNC(=O)C(C)(C)CNC(=O)c1ccc(Br)cc1O. The summed E-state index contributed by atoms with van der Waals surface area (Å²) in [5, 5.41) is 14.9. The molecule has 0 saturated carbocycles. The van der Waals surface area contributed by atoms with Crippen LogP contribution >= 0.6 is 15.9 Å². The highest BCUT2D eigenvalue weighted by atomic mass is 79.9. The van der Waals surface area contributed by atoms with Crippen molar-refractivity contribution in [1.29, 1.82) is 0 Å². The molecule has 0 radical (unpaired) electrons. The molecule has 0 aliphatic heterocycles. The molecule has 5 nitrogen and oxygen atoms in total. The van der Waals surface area contributed by atoms with Gasteiger partial charge in [0.05, 0.1) is 11.0 Å². The van der Waals surface area contributed by atoms with Crippen molar-refractivity contribution in [2.75, 3.05) is 13.6 Å². The first kappa shape index (κ1) is 15.5. The van der Waals surface area contributed by atoms with Crippen LogP contribution in [-0.4, -0.2) is 30.5 Å². The fourth-order valence-electron chi connectivity index (χ4n) is 1.51. The summed E-state index contributed by atoms with van der Waals surface area (Å²) in [6, 6.07) is 4.62. The van der Waals surface area contributed by atoms with Crippen molar-refractivity contribution in [2.24, 2.45) is 5.41 Å². The lowest BCUT2D eigenvalue weighted by Crippen LogP contribution is -2.43. The molecule has 0 heterocycles. The largest absolute Gasteiger partial charge is 0.507 e. The van der Waals surface area contributed by atoms with Crippen molar-refractivity contribution >= 4 is 27.7 Å². The highest BCUT2D eigenvalue weighted by Gasteiger charge is 2.27. The number of hydrogen-bond acceptors (Lipinski definition) is 3. The maximum atomic E-state index is 11.9. The third kappa shape index (κ3) is 3.96. The molecular formula is C13H17BrN2O3. The van der Waals surface area contributed by atoms with Gasteiger partial charge in [-0.3, -0.25) is 9.59 Å². The topological polar surface area (TPSA) is 78.4 Å². The second kappa shape index (κ2) is 6.06. The van der Waals surface area contributed by atoms with E-state index in [2.05, 4.69) is 26.6 Å². The van der Waals surface area contributed by atoms with Gasteiger partial charge >= 0.3 is 0 Å². The lowest BCUT2D eigenvalue weighted by Gasteiger charge is -2.22. The van der Waals surface area contributed by atoms with E-state index in [0.717, 1.165) is 0 Å². The smallest absolute Gasteiger partial charge is 0.255 e. The molecule has 0 fully saturated rings. The van der Waals surface area contributed by atoms with Gasteiger partial charge in [-0.25, -0.2) is 0 Å². The summed E-state index contributed by atoms with van der Waals surface area (Å²) in [6.07, 6.45) is 0. The second-order valence-electron chi connectivity index (χ2n) is 4.81. The van der Waals surface area contributed by atoms with E-state index in [4.69, 9.17) is 0 Å². The number of rotatable bonds is 4. The normalized spacial score (nSPS) is 10.9. The number of amides is 2. The van der Waals surface area contributed by atoms with E-state index >= 15 is 0 Å². The monoisotopic (exact) mass is 328 g/mol. The summed E-state index contributed by atoms with van der Waals surface area (Å²) in [7, 11) is 1.55. The van der Waals surface area contributed by atoms with Gasteiger partial charge in [0.15, 0.2) is 0 Å². The zero-order chi connectivity index (χ0) is 14.6. The molecule has 2 amide bonds. The molecule has 0 saturated heterocycles. The van der Waals surface area contributed by atoms with Crippen molar-refractivity contribution in [1.82, 2.24) is 10.6 Å². The van der Waals surface area contributed by atoms with Gasteiger partial charge in [-0.1, -0.05) is 15.9 Å². The summed E-state index contributed by atoms with van der Waals surface area (Å²) in [6.45, 7) is 3.64. The number of phenols is 1. The van der Waals surface area contributed by atoms with Gasteiger partial charge in [0, 0.05) is 18.1 Å². The number of nitrogens with one attached hydrogen (secondary N) is 2. The molecule has 1 aromatic carbocycles. The van der Waals surface area contributed by atoms with E-state index in [0.29, 0.717) is 4.47 Å². The van der Waals surface area contributed by atoms with Crippen molar-refractivity contribution in [3.05, 3.63) is 28.2 Å². The first-order valence-corrected chi connectivity index (χ1v) is 6.56. The molecule has 1 rings (SSSR count). The predicted molar refractivity (Wildman–Crippen MR) is 76.0 cm³/mol. The summed E-state index contributed by atoms with van der Waals surface area (Å²) in [5.41, 5.74) is -0.536. The number of benzene rings is 1. The van der Waals surface area contributed by atoms with Crippen LogP contribution in [0.3, 0.4) is 0 Å². The Bertz CT molecular complexity index is 501. The summed E-state index contributed by atoms with van der Waals surface area (Å²) >= 11 is 3.20. The molecule has 0 unspecified atom stereocenters. The molecule has 0 spiro atoms. The van der Waals surface area contributed by atoms with Gasteiger partial charge in [0.1, 0.15) is 5.75 Å². The number of phenolic OH excluding ortho intramolecular Hbond substituents is 1. The van der Waals surface area contributed by atoms with Crippen LogP contribution in [0.15, 0.2) is 22.7 Å². The highest BCUT2D eigenvalue weighted by molar-refractivity contribution is 9.10. The third-order valence-corrected chi connectivity index (χ3v) is 3.23. The lowest BCUT2D eigenvalue weighted by molar-refractivity contribution is -0.128. The van der Waals surface area contributed by atoms with Gasteiger partial charge < -0.3 is 15.7 Å². The Balaban J connectivity index is 2.73. The number of aromatic hydroxyl groups is 1. The average Bonchev–Trinajstić information content (AvgIpc) is 2.35. The van der Waals surface area contributed by atoms with Crippen molar-refractivity contribution in [2.45, 2.75) is 13.8 Å². The first-order chi connectivity index (χ1) is 8.77. The zero-order valence-electron chi connectivity index (χ0n) is 11.1. The number of carbonyl (C=O) groups is 2. The first-order valence-electron chi connectivity index (χ1n) is 5.77. The second-order valence-corrected chi connectivity index (χ2v) is 5.72. The Morgan fingerprint density at radius 3 is 2.53 bits per heavy atom. The van der Waals surface area contributed by atoms with Crippen molar-refractivity contribution in [3.8, 4) is 5.75 Å². The van der Waals surface area contributed by atoms with Crippen LogP contribution in [0, 0.1) is 5.41 Å². The number of carbonyl (C=O) groups excluding carboxylic acids is 2. The van der Waals surface area contributed by atoms with Crippen LogP contribution in [0.2, 0.25) is 0 Å². The third-order valence-electron chi connectivity index (χ3n) is 2.74. The van der Waals surface area contributed by atoms with E-state index < -0.39 is 11.3 Å². The molecule has 6 heteroatoms. The minimum Gasteiger partial charge on any atom is -0.507 e. The molecule has 0 bridgehead atoms. The number of halogens is 1. The van der Waals surface area contributed by atoms with E-state index in [1.165, 1.54) is 12.1 Å². The van der Waals surface area contributed by atoms with Crippen molar-refractivity contribution in [3.63, 3.8) is 0 Å². The van der Waals surface area contributed by atoms with Gasteiger partial charge in [-0.05, 0) is 32.0 Å². The van der Waals surface area contributed by atoms with Crippen LogP contribution in [-0.2, 0) is 4.79 Å². The molecular weight excluding hydrogens is 312 g/mol. The minimum atomic E-state index is -0.713. The standard InChI is InChI=1S/C13H17BrN2O3/c1-13(2,12(19)15-3)7-16-11(18)9-5-4-8(14)6-10(9)17/h4-6,17H,7H2,1-3H3,(H,15,19)(H,16,18). The molecule has 0 atom stereocenters. The Kier molecular flexibility index (Phi) is 4.94. The van der Waals surface area contributed by atoms with Gasteiger partial charge in [0.2, 0.25) is 5.91 Å². The van der Waals surface area contributed by atoms with Gasteiger partial charge in [-0.15, -0.1) is 0 Å². The Labute approximate surface area is 120 Å². The van der Waals surface area contributed by atoms with E-state index in [9.17, 15) is 14.7 Å². The van der Waals surface area contributed by atoms with E-state index in [1.54, 1.807) is 27.0 Å². The zero-order valence-corrected chi connectivity index (χ0v) is 12.7. The Morgan fingerprint density at radius 1 is 1.37 bits per heavy atom. The van der Waals surface area contributed by atoms with Crippen molar-refractivity contribution < 1.29 is 14.7 Å². The highest BCUT2D eigenvalue weighted by Crippen LogP contribution is 2.22. The van der Waals surface area contributed by atoms with Crippen LogP contribution in [0.4, 0.5) is 0 Å². The molecule has 0 aromatic heterocycles. The van der Waals surface area contributed by atoms with E-state index in [-0.39, 0.29) is 23.8 Å². The molecule has 0 aliphatic rings. The molecule has 1 aromatic rings. The number of hydrogen-bond donors (Lipinski definition) is 3. The molecule has 19 heavy (non-hydrogen) atoms. The Hall–Kier alpha value is -1.56. The van der Waals surface area contributed by atoms with Gasteiger partial charge in [0.25, 0.3) is 5.91 Å². The quantitative estimate of drug-likeness (QED) is 0.786. The predicted octanol–water partition coefficient (Wildman–Crippen LogP) is 1.66. The molecule has 0 aliphatic carbocycles. The van der Waals surface area contributed by atoms with Crippen LogP contribution in [0.5, 0.6) is 5.75 Å². The summed E-state index contributed by atoms with van der Waals surface area (Å²) in [4.78, 5) is 23.5. The fraction of sp³-hybridized carbons (Fsp3) is 0.385. The van der Waals surface area contributed by atoms with E-state index in [1.807, 2.05) is 0 Å². The van der Waals surface area contributed by atoms with Crippen LogP contribution < -0.4 is 10.6 Å². The maximum Gasteiger partial charge on any atom is 0.255 e. The molecule has 3 N–H and O–H groups in total. The Morgan fingerprint density at radius 2 is 2.00 bits per heavy atom. The van der Waals surface area contributed by atoms with Crippen LogP contribution in [0.1, 0.15) is 24.2 Å².